The lowest BCUT2D eigenvalue weighted by Gasteiger charge is -2.47. The largest absolute Gasteiger partial charge is 0.470 e. The molecule has 0 aliphatic carbocycles. The third-order valence-corrected chi connectivity index (χ3v) is 16.3. The van der Waals surface area contributed by atoms with E-state index in [-0.39, 0.29) is 34.7 Å². The van der Waals surface area contributed by atoms with Crippen LogP contribution >= 0.6 is 0 Å². The van der Waals surface area contributed by atoms with E-state index in [1.807, 2.05) is 0 Å². The molecule has 1 fully saturated rings. The summed E-state index contributed by atoms with van der Waals surface area (Å²) in [7, 11) is -5.68. The van der Waals surface area contributed by atoms with Crippen LogP contribution in [0.4, 0.5) is 0 Å². The molecule has 3 rings (SSSR count). The summed E-state index contributed by atoms with van der Waals surface area (Å²) in [6.45, 7) is 17.1. The molecule has 0 aromatic carbocycles. The summed E-state index contributed by atoms with van der Waals surface area (Å²) in [6, 6.07) is 1.27. The Kier molecular flexibility index (Phi) is 7.37. The Morgan fingerprint density at radius 2 is 1.56 bits per heavy atom. The van der Waals surface area contributed by atoms with Gasteiger partial charge in [-0.15, -0.1) is 0 Å². The summed E-state index contributed by atoms with van der Waals surface area (Å²) in [5.41, 5.74) is -0.459. The smallest absolute Gasteiger partial charge is 0.371 e. The maximum absolute atomic E-state index is 12.3. The van der Waals surface area contributed by atoms with Gasteiger partial charge in [0.25, 0.3) is 5.56 Å². The fourth-order valence-corrected chi connectivity index (χ4v) is 15.0. The normalized spacial score (nSPS) is 25.3. The van der Waals surface area contributed by atoms with E-state index in [1.54, 1.807) is 6.08 Å². The quantitative estimate of drug-likeness (QED) is 0.503. The van der Waals surface area contributed by atoms with Crippen molar-refractivity contribution >= 4 is 23.0 Å². The second-order valence-electron chi connectivity index (χ2n) is 9.76. The van der Waals surface area contributed by atoms with E-state index in [9.17, 15) is 9.59 Å². The Labute approximate surface area is 191 Å². The minimum Gasteiger partial charge on any atom is -0.470 e. The number of aromatic amines is 1. The topological polar surface area (TPSA) is 101 Å². The minimum atomic E-state index is -2.87. The van der Waals surface area contributed by atoms with E-state index in [4.69, 9.17) is 22.7 Å². The number of ether oxygens (including phenoxy) is 1. The SMILES string of the molecule is CC(C)[Si]1(C(C)C)OOC[C@H]2OC(n3ccc(=O)[nH]c3=O)=C[C@@H]2O[Si](C(C)C)(C(C)C)O1. The third kappa shape index (κ3) is 4.46. The zero-order valence-electron chi connectivity index (χ0n) is 20.2. The number of hydrogen-bond donors (Lipinski definition) is 1. The fourth-order valence-electron chi connectivity index (χ4n) is 4.44. The Balaban J connectivity index is 2.07. The molecule has 0 radical (unpaired) electrons. The number of H-pyrrole nitrogens is 1. The molecule has 1 aromatic heterocycles. The lowest BCUT2D eigenvalue weighted by molar-refractivity contribution is -0.246. The number of nitrogens with zero attached hydrogens (tertiary/aromatic N) is 1. The van der Waals surface area contributed by atoms with Gasteiger partial charge in [0.15, 0.2) is 6.10 Å². The van der Waals surface area contributed by atoms with Gasteiger partial charge in [0, 0.05) is 18.3 Å². The molecule has 2 aliphatic rings. The van der Waals surface area contributed by atoms with Crippen molar-refractivity contribution in [3.8, 4) is 0 Å². The van der Waals surface area contributed by atoms with Gasteiger partial charge in [-0.25, -0.2) is 14.2 Å². The van der Waals surface area contributed by atoms with Gasteiger partial charge in [-0.2, -0.15) is 0 Å². The van der Waals surface area contributed by atoms with Crippen molar-refractivity contribution in [2.45, 2.75) is 89.8 Å². The molecule has 3 heterocycles. The van der Waals surface area contributed by atoms with Crippen LogP contribution in [0.15, 0.2) is 27.9 Å². The van der Waals surface area contributed by atoms with Crippen LogP contribution in [0, 0.1) is 0 Å². The summed E-state index contributed by atoms with van der Waals surface area (Å²) in [5, 5.41) is 0. The van der Waals surface area contributed by atoms with Gasteiger partial charge in [-0.05, 0) is 22.2 Å². The van der Waals surface area contributed by atoms with E-state index in [2.05, 4.69) is 60.4 Å². The van der Waals surface area contributed by atoms with Crippen LogP contribution in [0.5, 0.6) is 0 Å². The first kappa shape index (κ1) is 25.1. The molecule has 32 heavy (non-hydrogen) atoms. The van der Waals surface area contributed by atoms with Crippen molar-refractivity contribution < 1.29 is 22.7 Å². The molecular formula is C21H36N2O7Si2. The molecule has 0 spiro atoms. The first-order valence-corrected chi connectivity index (χ1v) is 15.3. The molecule has 1 N–H and O–H groups in total. The molecule has 1 saturated heterocycles. The van der Waals surface area contributed by atoms with Crippen LogP contribution in [0.1, 0.15) is 55.4 Å². The molecule has 0 bridgehead atoms. The molecule has 11 heteroatoms. The molecule has 180 valence electrons. The summed E-state index contributed by atoms with van der Waals surface area (Å²) in [4.78, 5) is 31.7. The van der Waals surface area contributed by atoms with Crippen molar-refractivity contribution in [1.29, 1.82) is 0 Å². The van der Waals surface area contributed by atoms with Crippen LogP contribution < -0.4 is 11.2 Å². The van der Waals surface area contributed by atoms with Crippen LogP contribution in [-0.4, -0.2) is 45.5 Å². The highest BCUT2D eigenvalue weighted by Crippen LogP contribution is 2.46. The van der Waals surface area contributed by atoms with Gasteiger partial charge in [0.2, 0.25) is 5.88 Å². The average Bonchev–Trinajstić information content (AvgIpc) is 3.09. The van der Waals surface area contributed by atoms with Gasteiger partial charge in [-0.1, -0.05) is 55.4 Å². The number of rotatable bonds is 5. The van der Waals surface area contributed by atoms with Crippen molar-refractivity contribution in [3.63, 3.8) is 0 Å². The highest BCUT2D eigenvalue weighted by Gasteiger charge is 2.59. The van der Waals surface area contributed by atoms with Gasteiger partial charge in [0.05, 0.1) is 0 Å². The molecular weight excluding hydrogens is 448 g/mol. The second-order valence-corrected chi connectivity index (χ2v) is 18.5. The van der Waals surface area contributed by atoms with E-state index >= 15 is 0 Å². The Bertz CT molecular complexity index is 938. The van der Waals surface area contributed by atoms with E-state index in [1.165, 1.54) is 16.8 Å². The molecule has 9 nitrogen and oxygen atoms in total. The zero-order valence-corrected chi connectivity index (χ0v) is 22.2. The average molecular weight is 485 g/mol. The number of hydrogen-bond acceptors (Lipinski definition) is 7. The van der Waals surface area contributed by atoms with Crippen LogP contribution in [0.2, 0.25) is 22.2 Å². The predicted molar refractivity (Wildman–Crippen MR) is 125 cm³/mol. The lowest BCUT2D eigenvalue weighted by atomic mass is 10.2. The third-order valence-electron chi connectivity index (χ3n) is 6.29. The van der Waals surface area contributed by atoms with Gasteiger partial charge in [-0.3, -0.25) is 14.4 Å². The number of fused-ring (bicyclic) bond motifs is 1. The van der Waals surface area contributed by atoms with Crippen LogP contribution in [-0.2, 0) is 22.7 Å². The lowest BCUT2D eigenvalue weighted by Crippen LogP contribution is -2.61. The standard InChI is InChI=1S/C21H36N2O7Si2/c1-13(2)31(14(3)4)28-17-11-20(23-10-9-19(24)22-21(23)25)27-18(17)12-26-29-32(30-31,15(5)6)16(7)8/h9-11,13-18H,12H2,1-8H3,(H,22,24,25)/t17-,18+/m0/s1. The summed E-state index contributed by atoms with van der Waals surface area (Å²) in [5.74, 6) is 0.289. The molecule has 0 saturated carbocycles. The Morgan fingerprint density at radius 3 is 2.09 bits per heavy atom. The summed E-state index contributed by atoms with van der Waals surface area (Å²) >= 11 is 0. The maximum atomic E-state index is 12.3. The fraction of sp³-hybridized carbons (Fsp3) is 0.714. The van der Waals surface area contributed by atoms with Crippen molar-refractivity contribution in [2.75, 3.05) is 6.61 Å². The zero-order chi connectivity index (χ0) is 23.8. The van der Waals surface area contributed by atoms with Gasteiger partial charge < -0.3 is 13.3 Å². The van der Waals surface area contributed by atoms with E-state index < -0.39 is 40.6 Å². The highest BCUT2D eigenvalue weighted by molar-refractivity contribution is 6.83. The molecule has 1 aromatic rings. The van der Waals surface area contributed by atoms with Gasteiger partial charge >= 0.3 is 22.8 Å². The van der Waals surface area contributed by atoms with Crippen molar-refractivity contribution in [2.24, 2.45) is 0 Å². The van der Waals surface area contributed by atoms with Gasteiger partial charge in [0.1, 0.15) is 12.7 Å². The molecule has 2 atom stereocenters. The van der Waals surface area contributed by atoms with E-state index in [0.29, 0.717) is 0 Å². The number of aromatic nitrogens is 2. The first-order chi connectivity index (χ1) is 14.9. The Morgan fingerprint density at radius 1 is 0.969 bits per heavy atom. The van der Waals surface area contributed by atoms with Crippen LogP contribution in [0.3, 0.4) is 0 Å². The van der Waals surface area contributed by atoms with Crippen molar-refractivity contribution in [1.82, 2.24) is 9.55 Å². The highest BCUT2D eigenvalue weighted by atomic mass is 28.5. The second kappa shape index (κ2) is 9.39. The molecule has 2 aliphatic heterocycles. The van der Waals surface area contributed by atoms with Crippen molar-refractivity contribution in [3.05, 3.63) is 39.2 Å². The Hall–Kier alpha value is -1.51. The first-order valence-electron chi connectivity index (χ1n) is 11.3. The van der Waals surface area contributed by atoms with Crippen LogP contribution in [0.25, 0.3) is 5.88 Å². The maximum Gasteiger partial charge on any atom is 0.371 e. The summed E-state index contributed by atoms with van der Waals surface area (Å²) in [6.07, 6.45) is 2.16. The summed E-state index contributed by atoms with van der Waals surface area (Å²) < 4.78 is 27.4. The van der Waals surface area contributed by atoms with E-state index in [0.717, 1.165) is 0 Å². The molecule has 0 amide bonds. The molecule has 0 unspecified atom stereocenters. The minimum absolute atomic E-state index is 0.126. The monoisotopic (exact) mass is 484 g/mol. The predicted octanol–water partition coefficient (Wildman–Crippen LogP) is 3.62. The number of nitrogens with one attached hydrogen (secondary N) is 1.